The number of rotatable bonds is 4. The summed E-state index contributed by atoms with van der Waals surface area (Å²) in [6.45, 7) is 1.92. The van der Waals surface area contributed by atoms with Gasteiger partial charge in [0.1, 0.15) is 22.6 Å². The number of fused-ring (bicyclic) bond motifs is 1. The number of nitrogens with zero attached hydrogens (tertiary/aromatic N) is 5. The number of nitrogens with one attached hydrogen (secondary N) is 2. The highest BCUT2D eigenvalue weighted by molar-refractivity contribution is 5.88. The molecule has 5 rings (SSSR count). The third-order valence-corrected chi connectivity index (χ3v) is 5.38. The van der Waals surface area contributed by atoms with Crippen LogP contribution in [-0.4, -0.2) is 50.0 Å². The number of ether oxygens (including phenoxy) is 1. The molecular weight excluding hydrogens is 389 g/mol. The highest BCUT2D eigenvalue weighted by Gasteiger charge is 2.20. The zero-order valence-electron chi connectivity index (χ0n) is 16.3. The van der Waals surface area contributed by atoms with Gasteiger partial charge in [-0.05, 0) is 38.1 Å². The number of hydrogen-bond acceptors (Lipinski definition) is 6. The van der Waals surface area contributed by atoms with E-state index < -0.39 is 11.4 Å². The van der Waals surface area contributed by atoms with Crippen molar-refractivity contribution in [2.24, 2.45) is 0 Å². The van der Waals surface area contributed by atoms with Gasteiger partial charge in [0, 0.05) is 17.8 Å². The standard InChI is InChI=1S/C20H20FN7O2/c1-30-16-4-2-3-14(21)20(16)28-17(29)9-15-19(26-28)18(25-24-15)12-10-23-27(11-12)13-5-7-22-8-6-13/h2-4,9-11,13,22,24H,5-8H2,1H3. The first-order valence-electron chi connectivity index (χ1n) is 9.72. The Morgan fingerprint density at radius 2 is 2.10 bits per heavy atom. The van der Waals surface area contributed by atoms with Crippen molar-refractivity contribution >= 4 is 11.0 Å². The molecule has 4 aromatic rings. The molecule has 4 heterocycles. The Morgan fingerprint density at radius 1 is 1.27 bits per heavy atom. The van der Waals surface area contributed by atoms with Crippen LogP contribution in [0.5, 0.6) is 5.75 Å². The summed E-state index contributed by atoms with van der Waals surface area (Å²) in [7, 11) is 1.42. The molecule has 3 aromatic heterocycles. The Balaban J connectivity index is 1.62. The lowest BCUT2D eigenvalue weighted by Gasteiger charge is -2.22. The van der Waals surface area contributed by atoms with E-state index >= 15 is 0 Å². The Morgan fingerprint density at radius 3 is 2.90 bits per heavy atom. The lowest BCUT2D eigenvalue weighted by atomic mass is 10.1. The Kier molecular flexibility index (Phi) is 4.55. The maximum absolute atomic E-state index is 14.5. The monoisotopic (exact) mass is 409 g/mol. The van der Waals surface area contributed by atoms with E-state index in [2.05, 4.69) is 25.7 Å². The summed E-state index contributed by atoms with van der Waals surface area (Å²) in [4.78, 5) is 12.6. The third kappa shape index (κ3) is 3.05. The summed E-state index contributed by atoms with van der Waals surface area (Å²) in [6, 6.07) is 6.03. The molecule has 0 atom stereocenters. The molecular formula is C20H20FN7O2. The summed E-state index contributed by atoms with van der Waals surface area (Å²) < 4.78 is 22.7. The van der Waals surface area contributed by atoms with Crippen LogP contribution in [0, 0.1) is 5.82 Å². The molecule has 0 amide bonds. The normalized spacial score (nSPS) is 15.0. The Bertz CT molecular complexity index is 1270. The van der Waals surface area contributed by atoms with Crippen LogP contribution < -0.4 is 15.6 Å². The fraction of sp³-hybridized carbons (Fsp3) is 0.300. The van der Waals surface area contributed by atoms with E-state index in [0.29, 0.717) is 22.8 Å². The topological polar surface area (TPSA) is 103 Å². The van der Waals surface area contributed by atoms with E-state index in [1.54, 1.807) is 12.3 Å². The van der Waals surface area contributed by atoms with Crippen molar-refractivity contribution in [3.05, 3.63) is 52.8 Å². The second-order valence-electron chi connectivity index (χ2n) is 7.21. The predicted octanol–water partition coefficient (Wildman–Crippen LogP) is 2.04. The number of aromatic nitrogens is 6. The molecule has 154 valence electrons. The molecule has 0 unspecified atom stereocenters. The van der Waals surface area contributed by atoms with Crippen molar-refractivity contribution in [1.29, 1.82) is 0 Å². The molecule has 1 fully saturated rings. The molecule has 10 heteroatoms. The first-order valence-corrected chi connectivity index (χ1v) is 9.72. The maximum atomic E-state index is 14.5. The highest BCUT2D eigenvalue weighted by atomic mass is 19.1. The molecule has 9 nitrogen and oxygen atoms in total. The molecule has 0 saturated carbocycles. The van der Waals surface area contributed by atoms with Crippen molar-refractivity contribution < 1.29 is 9.13 Å². The number of aromatic amines is 1. The molecule has 0 radical (unpaired) electrons. The zero-order valence-corrected chi connectivity index (χ0v) is 16.3. The van der Waals surface area contributed by atoms with Crippen LogP contribution >= 0.6 is 0 Å². The summed E-state index contributed by atoms with van der Waals surface area (Å²) in [5.74, 6) is -0.389. The Hall–Kier alpha value is -3.53. The van der Waals surface area contributed by atoms with Gasteiger partial charge in [-0.25, -0.2) is 4.39 Å². The Labute approximate surface area is 170 Å². The van der Waals surface area contributed by atoms with Gasteiger partial charge in [-0.15, -0.1) is 0 Å². The number of H-pyrrole nitrogens is 1. The minimum atomic E-state index is -0.605. The first-order chi connectivity index (χ1) is 14.7. The fourth-order valence-corrected chi connectivity index (χ4v) is 3.84. The lowest BCUT2D eigenvalue weighted by Crippen LogP contribution is -2.29. The smallest absolute Gasteiger partial charge is 0.273 e. The molecule has 1 aliphatic rings. The van der Waals surface area contributed by atoms with Crippen molar-refractivity contribution in [3.8, 4) is 22.7 Å². The van der Waals surface area contributed by atoms with Gasteiger partial charge in [-0.1, -0.05) is 6.07 Å². The van der Waals surface area contributed by atoms with Crippen LogP contribution in [0.15, 0.2) is 41.5 Å². The van der Waals surface area contributed by atoms with Crippen LogP contribution in [0.3, 0.4) is 0 Å². The number of benzene rings is 1. The minimum absolute atomic E-state index is 0.0375. The highest BCUT2D eigenvalue weighted by Crippen LogP contribution is 2.28. The second-order valence-corrected chi connectivity index (χ2v) is 7.21. The van der Waals surface area contributed by atoms with Gasteiger partial charge in [-0.2, -0.15) is 20.0 Å². The lowest BCUT2D eigenvalue weighted by molar-refractivity contribution is 0.343. The second kappa shape index (κ2) is 7.38. The average Bonchev–Trinajstić information content (AvgIpc) is 3.40. The molecule has 30 heavy (non-hydrogen) atoms. The average molecular weight is 409 g/mol. The molecule has 0 bridgehead atoms. The van der Waals surface area contributed by atoms with E-state index in [9.17, 15) is 9.18 Å². The van der Waals surface area contributed by atoms with Crippen molar-refractivity contribution in [2.75, 3.05) is 20.2 Å². The van der Waals surface area contributed by atoms with E-state index in [0.717, 1.165) is 36.2 Å². The van der Waals surface area contributed by atoms with Gasteiger partial charge in [0.2, 0.25) is 0 Å². The molecule has 2 N–H and O–H groups in total. The van der Waals surface area contributed by atoms with Gasteiger partial charge in [0.25, 0.3) is 5.56 Å². The summed E-state index contributed by atoms with van der Waals surface area (Å²) in [5, 5.41) is 19.4. The number of methoxy groups -OCH3 is 1. The SMILES string of the molecule is COc1cccc(F)c1-n1nc2c(-c3cnn(C4CCNCC4)c3)n[nH]c2cc1=O. The van der Waals surface area contributed by atoms with Crippen LogP contribution in [0.2, 0.25) is 0 Å². The van der Waals surface area contributed by atoms with Crippen molar-refractivity contribution in [3.63, 3.8) is 0 Å². The molecule has 0 spiro atoms. The van der Waals surface area contributed by atoms with E-state index in [1.807, 2.05) is 10.9 Å². The van der Waals surface area contributed by atoms with E-state index in [4.69, 9.17) is 4.74 Å². The summed E-state index contributed by atoms with van der Waals surface area (Å²) in [5.41, 5.74) is 1.71. The molecule has 1 aromatic carbocycles. The van der Waals surface area contributed by atoms with Gasteiger partial charge >= 0.3 is 0 Å². The largest absolute Gasteiger partial charge is 0.494 e. The van der Waals surface area contributed by atoms with Crippen LogP contribution in [-0.2, 0) is 0 Å². The van der Waals surface area contributed by atoms with Crippen LogP contribution in [0.1, 0.15) is 18.9 Å². The van der Waals surface area contributed by atoms with Crippen molar-refractivity contribution in [1.82, 2.24) is 35.1 Å². The molecule has 1 aliphatic heterocycles. The predicted molar refractivity (Wildman–Crippen MR) is 108 cm³/mol. The van der Waals surface area contributed by atoms with Gasteiger partial charge in [-0.3, -0.25) is 14.6 Å². The van der Waals surface area contributed by atoms with Gasteiger partial charge < -0.3 is 10.1 Å². The van der Waals surface area contributed by atoms with E-state index in [1.165, 1.54) is 25.3 Å². The minimum Gasteiger partial charge on any atom is -0.494 e. The van der Waals surface area contributed by atoms with E-state index in [-0.39, 0.29) is 11.4 Å². The summed E-state index contributed by atoms with van der Waals surface area (Å²) in [6.07, 6.45) is 5.69. The number of hydrogen-bond donors (Lipinski definition) is 2. The molecule has 1 saturated heterocycles. The fourth-order valence-electron chi connectivity index (χ4n) is 3.84. The van der Waals surface area contributed by atoms with Gasteiger partial charge in [0.05, 0.1) is 24.9 Å². The quantitative estimate of drug-likeness (QED) is 0.535. The molecule has 0 aliphatic carbocycles. The zero-order chi connectivity index (χ0) is 20.7. The van der Waals surface area contributed by atoms with Crippen LogP contribution in [0.4, 0.5) is 4.39 Å². The number of halogens is 1. The first kappa shape index (κ1) is 18.5. The third-order valence-electron chi connectivity index (χ3n) is 5.38. The summed E-state index contributed by atoms with van der Waals surface area (Å²) >= 11 is 0. The van der Waals surface area contributed by atoms with Crippen molar-refractivity contribution in [2.45, 2.75) is 18.9 Å². The van der Waals surface area contributed by atoms with Gasteiger partial charge in [0.15, 0.2) is 5.82 Å². The van der Waals surface area contributed by atoms with Crippen LogP contribution in [0.25, 0.3) is 28.0 Å². The maximum Gasteiger partial charge on any atom is 0.273 e. The number of piperidine rings is 1. The number of para-hydroxylation sites is 1.